The Kier molecular flexibility index (Phi) is 4.64. The van der Waals surface area contributed by atoms with Crippen LogP contribution in [0, 0.1) is 5.82 Å². The largest absolute Gasteiger partial charge is 0.388 e. The topological polar surface area (TPSA) is 75.8 Å². The molecule has 128 valence electrons. The smallest absolute Gasteiger partial charge is 0.292 e. The summed E-state index contributed by atoms with van der Waals surface area (Å²) >= 11 is 0. The number of nitrogens with zero attached hydrogens (tertiary/aromatic N) is 2. The van der Waals surface area contributed by atoms with E-state index in [0.29, 0.717) is 12.8 Å². The number of hydrogen-bond acceptors (Lipinski definition) is 5. The fourth-order valence-electron chi connectivity index (χ4n) is 3.10. The summed E-state index contributed by atoms with van der Waals surface area (Å²) in [5.41, 5.74) is 0.523. The van der Waals surface area contributed by atoms with E-state index in [1.54, 1.807) is 25.2 Å². The van der Waals surface area contributed by atoms with Crippen LogP contribution in [-0.2, 0) is 4.74 Å². The van der Waals surface area contributed by atoms with Gasteiger partial charge in [0.05, 0.1) is 12.1 Å². The standard InChI is InChI=1S/C17H19FN2O4/c1-20(13-7-8-14(23-2)16(13)21)17(22)15-9-12(19-24-15)10-5-3-4-6-11(10)18/h3-6,9,13-14,16,21H,7-8H2,1-2H3/t13-,14-,16-/m1/s1. The van der Waals surface area contributed by atoms with Crippen molar-refractivity contribution in [3.63, 3.8) is 0 Å². The Balaban J connectivity index is 1.78. The van der Waals surface area contributed by atoms with Crippen molar-refractivity contribution in [3.05, 3.63) is 41.9 Å². The Bertz CT molecular complexity index is 733. The van der Waals surface area contributed by atoms with E-state index in [9.17, 15) is 14.3 Å². The molecule has 0 aliphatic heterocycles. The molecule has 1 aliphatic rings. The van der Waals surface area contributed by atoms with E-state index in [1.165, 1.54) is 24.1 Å². The zero-order chi connectivity index (χ0) is 17.3. The number of rotatable bonds is 4. The molecule has 0 spiro atoms. The van der Waals surface area contributed by atoms with Gasteiger partial charge in [0.1, 0.15) is 17.6 Å². The highest BCUT2D eigenvalue weighted by Crippen LogP contribution is 2.28. The molecule has 0 unspecified atom stereocenters. The number of carbonyl (C=O) groups excluding carboxylic acids is 1. The lowest BCUT2D eigenvalue weighted by Gasteiger charge is -2.27. The predicted molar refractivity (Wildman–Crippen MR) is 83.8 cm³/mol. The van der Waals surface area contributed by atoms with Crippen LogP contribution in [0.3, 0.4) is 0 Å². The first-order valence-corrected chi connectivity index (χ1v) is 7.72. The normalized spacial score (nSPS) is 23.4. The molecule has 3 rings (SSSR count). The molecule has 0 saturated heterocycles. The van der Waals surface area contributed by atoms with Crippen LogP contribution in [0.25, 0.3) is 11.3 Å². The average molecular weight is 334 g/mol. The number of amides is 1. The number of ether oxygens (including phenoxy) is 1. The minimum Gasteiger partial charge on any atom is -0.388 e. The molecule has 1 heterocycles. The number of aromatic nitrogens is 1. The fourth-order valence-corrected chi connectivity index (χ4v) is 3.10. The molecule has 1 N–H and O–H groups in total. The lowest BCUT2D eigenvalue weighted by molar-refractivity contribution is -0.0161. The van der Waals surface area contributed by atoms with Crippen LogP contribution in [0.15, 0.2) is 34.9 Å². The van der Waals surface area contributed by atoms with Crippen LogP contribution in [0.2, 0.25) is 0 Å². The van der Waals surface area contributed by atoms with E-state index in [2.05, 4.69) is 5.16 Å². The van der Waals surface area contributed by atoms with Crippen molar-refractivity contribution in [2.24, 2.45) is 0 Å². The van der Waals surface area contributed by atoms with Gasteiger partial charge >= 0.3 is 0 Å². The summed E-state index contributed by atoms with van der Waals surface area (Å²) in [7, 11) is 3.13. The van der Waals surface area contributed by atoms with E-state index in [0.717, 1.165) is 0 Å². The molecular formula is C17H19FN2O4. The monoisotopic (exact) mass is 334 g/mol. The van der Waals surface area contributed by atoms with Gasteiger partial charge in [-0.3, -0.25) is 4.79 Å². The van der Waals surface area contributed by atoms with Crippen molar-refractivity contribution >= 4 is 5.91 Å². The highest BCUT2D eigenvalue weighted by molar-refractivity contribution is 5.92. The van der Waals surface area contributed by atoms with E-state index in [-0.39, 0.29) is 29.2 Å². The van der Waals surface area contributed by atoms with Crippen molar-refractivity contribution < 1.29 is 23.6 Å². The first-order chi connectivity index (χ1) is 11.5. The second-order valence-corrected chi connectivity index (χ2v) is 5.88. The molecule has 24 heavy (non-hydrogen) atoms. The molecule has 0 radical (unpaired) electrons. The second-order valence-electron chi connectivity index (χ2n) is 5.88. The molecule has 3 atom stereocenters. The highest BCUT2D eigenvalue weighted by Gasteiger charge is 2.39. The van der Waals surface area contributed by atoms with Crippen LogP contribution >= 0.6 is 0 Å². The zero-order valence-corrected chi connectivity index (χ0v) is 13.5. The summed E-state index contributed by atoms with van der Waals surface area (Å²) in [6.45, 7) is 0. The van der Waals surface area contributed by atoms with Gasteiger partial charge in [-0.05, 0) is 25.0 Å². The minimum atomic E-state index is -0.752. The summed E-state index contributed by atoms with van der Waals surface area (Å²) in [6, 6.07) is 7.19. The molecule has 1 aromatic heterocycles. The molecule has 1 amide bonds. The molecular weight excluding hydrogens is 315 g/mol. The number of halogens is 1. The lowest BCUT2D eigenvalue weighted by atomic mass is 10.1. The summed E-state index contributed by atoms with van der Waals surface area (Å²) in [6.07, 6.45) is 0.277. The summed E-state index contributed by atoms with van der Waals surface area (Å²) in [4.78, 5) is 14.0. The lowest BCUT2D eigenvalue weighted by Crippen LogP contribution is -2.44. The van der Waals surface area contributed by atoms with E-state index in [1.807, 2.05) is 0 Å². The van der Waals surface area contributed by atoms with Crippen LogP contribution in [0.1, 0.15) is 23.4 Å². The molecule has 6 nitrogen and oxygen atoms in total. The maximum absolute atomic E-state index is 13.8. The van der Waals surface area contributed by atoms with Crippen LogP contribution in [-0.4, -0.2) is 53.5 Å². The molecule has 0 bridgehead atoms. The molecule has 1 saturated carbocycles. The van der Waals surface area contributed by atoms with Crippen molar-refractivity contribution in [2.75, 3.05) is 14.2 Å². The molecule has 1 fully saturated rings. The number of aliphatic hydroxyl groups is 1. The number of carbonyl (C=O) groups is 1. The van der Waals surface area contributed by atoms with Crippen LogP contribution in [0.5, 0.6) is 0 Å². The van der Waals surface area contributed by atoms with Gasteiger partial charge in [0, 0.05) is 25.8 Å². The zero-order valence-electron chi connectivity index (χ0n) is 13.5. The SMILES string of the molecule is CO[C@@H]1CC[C@@H](N(C)C(=O)c2cc(-c3ccccc3F)no2)[C@H]1O. The Hall–Kier alpha value is -2.25. The fraction of sp³-hybridized carbons (Fsp3) is 0.412. The predicted octanol–water partition coefficient (Wildman–Crippen LogP) is 2.09. The Morgan fingerprint density at radius 2 is 2.17 bits per heavy atom. The maximum atomic E-state index is 13.8. The number of benzene rings is 1. The third-order valence-corrected chi connectivity index (χ3v) is 4.51. The first kappa shape index (κ1) is 16.6. The first-order valence-electron chi connectivity index (χ1n) is 7.72. The van der Waals surface area contributed by atoms with Crippen molar-refractivity contribution in [1.82, 2.24) is 10.1 Å². The van der Waals surface area contributed by atoms with E-state index < -0.39 is 17.8 Å². The van der Waals surface area contributed by atoms with Crippen molar-refractivity contribution in [1.29, 1.82) is 0 Å². The van der Waals surface area contributed by atoms with Crippen molar-refractivity contribution in [3.8, 4) is 11.3 Å². The van der Waals surface area contributed by atoms with Crippen molar-refractivity contribution in [2.45, 2.75) is 31.1 Å². The van der Waals surface area contributed by atoms with Gasteiger partial charge in [-0.25, -0.2) is 4.39 Å². The molecule has 2 aromatic rings. The van der Waals surface area contributed by atoms with Gasteiger partial charge in [-0.2, -0.15) is 0 Å². The molecule has 7 heteroatoms. The Morgan fingerprint density at radius 3 is 2.83 bits per heavy atom. The number of methoxy groups -OCH3 is 1. The Labute approximate surface area is 138 Å². The average Bonchev–Trinajstić information content (AvgIpc) is 3.20. The van der Waals surface area contributed by atoms with Crippen LogP contribution < -0.4 is 0 Å². The maximum Gasteiger partial charge on any atom is 0.292 e. The van der Waals surface area contributed by atoms with Gasteiger partial charge in [0.2, 0.25) is 5.76 Å². The summed E-state index contributed by atoms with van der Waals surface area (Å²) in [5.74, 6) is -0.845. The van der Waals surface area contributed by atoms with Gasteiger partial charge in [0.15, 0.2) is 0 Å². The van der Waals surface area contributed by atoms with Crippen LogP contribution in [0.4, 0.5) is 4.39 Å². The molecule has 1 aromatic carbocycles. The highest BCUT2D eigenvalue weighted by atomic mass is 19.1. The number of aliphatic hydroxyl groups excluding tert-OH is 1. The van der Waals surface area contributed by atoms with E-state index in [4.69, 9.17) is 9.26 Å². The quantitative estimate of drug-likeness (QED) is 0.926. The summed E-state index contributed by atoms with van der Waals surface area (Å²) in [5, 5.41) is 14.0. The third kappa shape index (κ3) is 2.92. The second kappa shape index (κ2) is 6.70. The minimum absolute atomic E-state index is 0.00354. The summed E-state index contributed by atoms with van der Waals surface area (Å²) < 4.78 is 24.1. The Morgan fingerprint density at radius 1 is 1.42 bits per heavy atom. The van der Waals surface area contributed by atoms with Gasteiger partial charge in [-0.1, -0.05) is 17.3 Å². The third-order valence-electron chi connectivity index (χ3n) is 4.51. The number of likely N-dealkylation sites (N-methyl/N-ethyl adjacent to an activating group) is 1. The van der Waals surface area contributed by atoms with E-state index >= 15 is 0 Å². The number of hydrogen-bond donors (Lipinski definition) is 1. The molecule has 1 aliphatic carbocycles. The van der Waals surface area contributed by atoms with Gasteiger partial charge < -0.3 is 19.3 Å². The van der Waals surface area contributed by atoms with Gasteiger partial charge in [-0.15, -0.1) is 0 Å². The van der Waals surface area contributed by atoms with Gasteiger partial charge in [0.25, 0.3) is 5.91 Å².